The fourth-order valence-electron chi connectivity index (χ4n) is 1.66. The van der Waals surface area contributed by atoms with Gasteiger partial charge in [0.1, 0.15) is 5.75 Å². The summed E-state index contributed by atoms with van der Waals surface area (Å²) in [6.07, 6.45) is 2.05. The zero-order valence-electron chi connectivity index (χ0n) is 13.7. The van der Waals surface area contributed by atoms with E-state index in [1.54, 1.807) is 25.9 Å². The van der Waals surface area contributed by atoms with Crippen LogP contribution in [0.4, 0.5) is 0 Å². The predicted octanol–water partition coefficient (Wildman–Crippen LogP) is 1.46. The third-order valence-corrected chi connectivity index (χ3v) is 3.50. The van der Waals surface area contributed by atoms with Crippen molar-refractivity contribution in [2.24, 2.45) is 4.99 Å². The number of rotatable bonds is 8. The van der Waals surface area contributed by atoms with Gasteiger partial charge in [0.05, 0.1) is 13.7 Å². The van der Waals surface area contributed by atoms with Gasteiger partial charge in [-0.1, -0.05) is 12.1 Å². The van der Waals surface area contributed by atoms with E-state index in [1.165, 1.54) is 0 Å². The SMILES string of the molecule is CN=C(NCCSC)NCC(=O)NCc1ccc(OC)cc1.I. The maximum absolute atomic E-state index is 11.8. The molecule has 0 aliphatic rings. The summed E-state index contributed by atoms with van der Waals surface area (Å²) in [4.78, 5) is 15.9. The van der Waals surface area contributed by atoms with Crippen LogP contribution in [0.5, 0.6) is 5.75 Å². The number of amides is 1. The van der Waals surface area contributed by atoms with Crippen molar-refractivity contribution in [2.45, 2.75) is 6.54 Å². The summed E-state index contributed by atoms with van der Waals surface area (Å²) in [5, 5.41) is 8.97. The molecule has 1 aromatic carbocycles. The Balaban J connectivity index is 0.00000484. The van der Waals surface area contributed by atoms with Gasteiger partial charge in [0.25, 0.3) is 0 Å². The van der Waals surface area contributed by atoms with E-state index in [0.717, 1.165) is 23.6 Å². The molecule has 0 bridgehead atoms. The van der Waals surface area contributed by atoms with Crippen molar-refractivity contribution < 1.29 is 9.53 Å². The largest absolute Gasteiger partial charge is 0.497 e. The van der Waals surface area contributed by atoms with Crippen molar-refractivity contribution in [3.05, 3.63) is 29.8 Å². The minimum absolute atomic E-state index is 0. The van der Waals surface area contributed by atoms with Crippen LogP contribution in [0.3, 0.4) is 0 Å². The van der Waals surface area contributed by atoms with Crippen molar-refractivity contribution >= 4 is 47.6 Å². The van der Waals surface area contributed by atoms with E-state index in [0.29, 0.717) is 12.5 Å². The molecule has 1 rings (SSSR count). The van der Waals surface area contributed by atoms with Gasteiger partial charge in [0, 0.05) is 25.9 Å². The number of nitrogens with zero attached hydrogens (tertiary/aromatic N) is 1. The normalized spacial score (nSPS) is 10.5. The summed E-state index contributed by atoms with van der Waals surface area (Å²) in [7, 11) is 3.31. The summed E-state index contributed by atoms with van der Waals surface area (Å²) in [6, 6.07) is 7.60. The first kappa shape index (κ1) is 21.8. The van der Waals surface area contributed by atoms with Crippen LogP contribution >= 0.6 is 35.7 Å². The van der Waals surface area contributed by atoms with Gasteiger partial charge in [-0.2, -0.15) is 11.8 Å². The number of ether oxygens (including phenoxy) is 1. The van der Waals surface area contributed by atoms with Crippen molar-refractivity contribution in [1.29, 1.82) is 0 Å². The molecule has 0 aliphatic heterocycles. The maximum Gasteiger partial charge on any atom is 0.239 e. The van der Waals surface area contributed by atoms with Gasteiger partial charge < -0.3 is 20.7 Å². The number of nitrogens with one attached hydrogen (secondary N) is 3. The molecule has 0 spiro atoms. The lowest BCUT2D eigenvalue weighted by molar-refractivity contribution is -0.120. The molecule has 8 heteroatoms. The number of hydrogen-bond donors (Lipinski definition) is 3. The molecule has 0 saturated carbocycles. The topological polar surface area (TPSA) is 74.8 Å². The number of aliphatic imine (C=N–C) groups is 1. The molecule has 1 aromatic rings. The van der Waals surface area contributed by atoms with E-state index in [-0.39, 0.29) is 36.4 Å². The van der Waals surface area contributed by atoms with E-state index in [4.69, 9.17) is 4.74 Å². The number of carbonyl (C=O) groups excluding carboxylic acids is 1. The van der Waals surface area contributed by atoms with E-state index in [9.17, 15) is 4.79 Å². The highest BCUT2D eigenvalue weighted by Crippen LogP contribution is 2.10. The van der Waals surface area contributed by atoms with Crippen LogP contribution in [0.1, 0.15) is 5.56 Å². The first-order chi connectivity index (χ1) is 10.7. The zero-order chi connectivity index (χ0) is 16.2. The van der Waals surface area contributed by atoms with E-state index in [1.807, 2.05) is 30.5 Å². The van der Waals surface area contributed by atoms with Gasteiger partial charge in [-0.25, -0.2) is 0 Å². The molecule has 0 radical (unpaired) electrons. The Bertz CT molecular complexity index is 483. The second-order valence-corrected chi connectivity index (χ2v) is 5.46. The molecule has 0 atom stereocenters. The lowest BCUT2D eigenvalue weighted by atomic mass is 10.2. The van der Waals surface area contributed by atoms with E-state index in [2.05, 4.69) is 20.9 Å². The monoisotopic (exact) mass is 452 g/mol. The number of carbonyl (C=O) groups is 1. The number of hydrogen-bond acceptors (Lipinski definition) is 4. The number of halogens is 1. The molecule has 0 aromatic heterocycles. The van der Waals surface area contributed by atoms with Gasteiger partial charge in [-0.15, -0.1) is 24.0 Å². The molecule has 0 saturated heterocycles. The van der Waals surface area contributed by atoms with E-state index >= 15 is 0 Å². The Hall–Kier alpha value is -1.16. The summed E-state index contributed by atoms with van der Waals surface area (Å²) < 4.78 is 5.09. The Labute approximate surface area is 159 Å². The van der Waals surface area contributed by atoms with E-state index < -0.39 is 0 Å². The van der Waals surface area contributed by atoms with Gasteiger partial charge in [0.2, 0.25) is 5.91 Å². The van der Waals surface area contributed by atoms with Gasteiger partial charge in [0.15, 0.2) is 5.96 Å². The Morgan fingerprint density at radius 1 is 1.22 bits per heavy atom. The fourth-order valence-corrected chi connectivity index (χ4v) is 1.97. The van der Waals surface area contributed by atoms with Gasteiger partial charge in [-0.05, 0) is 24.0 Å². The molecular weight excluding hydrogens is 427 g/mol. The second kappa shape index (κ2) is 13.3. The summed E-state index contributed by atoms with van der Waals surface area (Å²) in [6.45, 7) is 1.49. The van der Waals surface area contributed by atoms with Crippen LogP contribution < -0.4 is 20.7 Å². The highest BCUT2D eigenvalue weighted by Gasteiger charge is 2.03. The highest BCUT2D eigenvalue weighted by atomic mass is 127. The molecule has 0 unspecified atom stereocenters. The third-order valence-electron chi connectivity index (χ3n) is 2.89. The number of methoxy groups -OCH3 is 1. The molecule has 1 amide bonds. The average molecular weight is 452 g/mol. The fraction of sp³-hybridized carbons (Fsp3) is 0.467. The molecule has 0 heterocycles. The Morgan fingerprint density at radius 2 is 1.91 bits per heavy atom. The van der Waals surface area contributed by atoms with Gasteiger partial charge in [-0.3, -0.25) is 9.79 Å². The lowest BCUT2D eigenvalue weighted by Crippen LogP contribution is -2.43. The Morgan fingerprint density at radius 3 is 2.48 bits per heavy atom. The molecule has 0 fully saturated rings. The van der Waals surface area contributed by atoms with Gasteiger partial charge >= 0.3 is 0 Å². The Kier molecular flexibility index (Phi) is 12.6. The number of thioether (sulfide) groups is 1. The maximum atomic E-state index is 11.8. The van der Waals surface area contributed by atoms with Crippen LogP contribution in [0.25, 0.3) is 0 Å². The lowest BCUT2D eigenvalue weighted by Gasteiger charge is -2.11. The standard InChI is InChI=1S/C15H24N4O2S.HI/c1-16-15(17-8-9-22-3)19-11-14(20)18-10-12-4-6-13(21-2)7-5-12;/h4-7H,8-11H2,1-3H3,(H,18,20)(H2,16,17,19);1H. The first-order valence-corrected chi connectivity index (χ1v) is 8.42. The average Bonchev–Trinajstić information content (AvgIpc) is 2.56. The minimum Gasteiger partial charge on any atom is -0.497 e. The summed E-state index contributed by atoms with van der Waals surface area (Å²) in [5.74, 6) is 2.35. The highest BCUT2D eigenvalue weighted by molar-refractivity contribution is 14.0. The molecule has 0 aliphatic carbocycles. The zero-order valence-corrected chi connectivity index (χ0v) is 16.9. The van der Waals surface area contributed by atoms with Crippen molar-refractivity contribution in [1.82, 2.24) is 16.0 Å². The minimum atomic E-state index is -0.0800. The van der Waals surface area contributed by atoms with Crippen LogP contribution in [0.15, 0.2) is 29.3 Å². The van der Waals surface area contributed by atoms with Crippen LogP contribution in [0, 0.1) is 0 Å². The van der Waals surface area contributed by atoms with Crippen LogP contribution in [0.2, 0.25) is 0 Å². The number of guanidine groups is 1. The molecular formula is C15H25IN4O2S. The van der Waals surface area contributed by atoms with Crippen LogP contribution in [-0.4, -0.2) is 51.1 Å². The molecule has 130 valence electrons. The van der Waals surface area contributed by atoms with Crippen molar-refractivity contribution in [3.8, 4) is 5.75 Å². The quantitative estimate of drug-likeness (QED) is 0.241. The van der Waals surface area contributed by atoms with Crippen molar-refractivity contribution in [2.75, 3.05) is 39.3 Å². The molecule has 3 N–H and O–H groups in total. The summed E-state index contributed by atoms with van der Waals surface area (Å²) in [5.41, 5.74) is 1.02. The van der Waals surface area contributed by atoms with Crippen molar-refractivity contribution in [3.63, 3.8) is 0 Å². The predicted molar refractivity (Wildman–Crippen MR) is 108 cm³/mol. The molecule has 23 heavy (non-hydrogen) atoms. The smallest absolute Gasteiger partial charge is 0.239 e. The summed E-state index contributed by atoms with van der Waals surface area (Å²) >= 11 is 1.75. The first-order valence-electron chi connectivity index (χ1n) is 7.02. The third kappa shape index (κ3) is 9.54. The molecule has 6 nitrogen and oxygen atoms in total. The second-order valence-electron chi connectivity index (χ2n) is 4.47. The number of benzene rings is 1. The van der Waals surface area contributed by atoms with Crippen LogP contribution in [-0.2, 0) is 11.3 Å².